The van der Waals surface area contributed by atoms with Gasteiger partial charge in [0.05, 0.1) is 13.0 Å². The minimum absolute atomic E-state index is 0.0307. The Bertz CT molecular complexity index is 381. The first-order chi connectivity index (χ1) is 7.58. The van der Waals surface area contributed by atoms with Crippen LogP contribution in [0.3, 0.4) is 0 Å². The van der Waals surface area contributed by atoms with E-state index in [1.54, 1.807) is 6.07 Å². The van der Waals surface area contributed by atoms with Crippen LogP contribution in [0.4, 0.5) is 4.39 Å². The van der Waals surface area contributed by atoms with E-state index in [0.717, 1.165) is 0 Å². The van der Waals surface area contributed by atoms with E-state index in [1.807, 2.05) is 0 Å². The van der Waals surface area contributed by atoms with Crippen LogP contribution in [0.2, 0.25) is 0 Å². The first-order valence-corrected chi connectivity index (χ1v) is 4.83. The van der Waals surface area contributed by atoms with Crippen LogP contribution in [0, 0.1) is 11.7 Å². The number of nitrogens with two attached hydrogens (primary N) is 1. The third-order valence-electron chi connectivity index (χ3n) is 2.33. The lowest BCUT2D eigenvalue weighted by Crippen LogP contribution is -2.25. The molecule has 1 rings (SSSR count). The van der Waals surface area contributed by atoms with Crippen LogP contribution in [-0.2, 0) is 11.2 Å². The molecule has 0 aliphatic rings. The summed E-state index contributed by atoms with van der Waals surface area (Å²) < 4.78 is 18.1. The normalized spacial score (nSPS) is 12.2. The molecule has 0 saturated carbocycles. The van der Waals surface area contributed by atoms with Crippen molar-refractivity contribution in [1.29, 1.82) is 0 Å². The SMILES string of the molecule is COc1ccc(C[C@H](CN)C(=O)O)cc1F. The standard InChI is InChI=1S/C11H14FNO3/c1-16-10-3-2-7(5-9(10)12)4-8(6-13)11(14)15/h2-3,5,8H,4,6,13H2,1H3,(H,14,15)/t8-/m1/s1. The quantitative estimate of drug-likeness (QED) is 0.788. The molecule has 5 heteroatoms. The van der Waals surface area contributed by atoms with E-state index < -0.39 is 17.7 Å². The molecule has 0 bridgehead atoms. The molecular weight excluding hydrogens is 213 g/mol. The fourth-order valence-corrected chi connectivity index (χ4v) is 1.39. The van der Waals surface area contributed by atoms with E-state index in [9.17, 15) is 9.18 Å². The van der Waals surface area contributed by atoms with Gasteiger partial charge in [-0.15, -0.1) is 0 Å². The number of rotatable bonds is 5. The minimum atomic E-state index is -0.973. The zero-order chi connectivity index (χ0) is 12.1. The number of ether oxygens (including phenoxy) is 1. The van der Waals surface area contributed by atoms with Crippen molar-refractivity contribution in [3.63, 3.8) is 0 Å². The highest BCUT2D eigenvalue weighted by Gasteiger charge is 2.16. The molecule has 4 nitrogen and oxygen atoms in total. The number of carboxylic acids is 1. The first-order valence-electron chi connectivity index (χ1n) is 4.83. The molecule has 0 aromatic heterocycles. The Morgan fingerprint density at radius 3 is 2.75 bits per heavy atom. The van der Waals surface area contributed by atoms with Crippen molar-refractivity contribution in [2.24, 2.45) is 11.7 Å². The van der Waals surface area contributed by atoms with Crippen LogP contribution in [0.15, 0.2) is 18.2 Å². The predicted molar refractivity (Wildman–Crippen MR) is 56.8 cm³/mol. The van der Waals surface area contributed by atoms with Crippen molar-refractivity contribution in [3.05, 3.63) is 29.6 Å². The van der Waals surface area contributed by atoms with Crippen LogP contribution in [0.1, 0.15) is 5.56 Å². The van der Waals surface area contributed by atoms with Gasteiger partial charge in [-0.05, 0) is 24.1 Å². The number of methoxy groups -OCH3 is 1. The number of hydrogen-bond acceptors (Lipinski definition) is 3. The summed E-state index contributed by atoms with van der Waals surface area (Å²) in [6.07, 6.45) is 0.215. The number of hydrogen-bond donors (Lipinski definition) is 2. The molecule has 0 aliphatic heterocycles. The maximum atomic E-state index is 13.3. The first kappa shape index (κ1) is 12.4. The van der Waals surface area contributed by atoms with E-state index >= 15 is 0 Å². The zero-order valence-electron chi connectivity index (χ0n) is 8.94. The summed E-state index contributed by atoms with van der Waals surface area (Å²) in [5.41, 5.74) is 5.91. The van der Waals surface area contributed by atoms with Gasteiger partial charge in [-0.3, -0.25) is 4.79 Å². The van der Waals surface area contributed by atoms with Gasteiger partial charge in [-0.2, -0.15) is 0 Å². The van der Waals surface area contributed by atoms with E-state index in [2.05, 4.69) is 0 Å². The van der Waals surface area contributed by atoms with Crippen molar-refractivity contribution in [1.82, 2.24) is 0 Å². The molecule has 0 saturated heterocycles. The average Bonchev–Trinajstić information content (AvgIpc) is 2.25. The highest BCUT2D eigenvalue weighted by atomic mass is 19.1. The molecule has 0 radical (unpaired) electrons. The molecule has 1 atom stereocenters. The monoisotopic (exact) mass is 227 g/mol. The second kappa shape index (κ2) is 5.46. The lowest BCUT2D eigenvalue weighted by Gasteiger charge is -2.10. The molecule has 0 spiro atoms. The van der Waals surface area contributed by atoms with Crippen LogP contribution in [-0.4, -0.2) is 24.7 Å². The van der Waals surface area contributed by atoms with Crippen molar-refractivity contribution in [2.75, 3.05) is 13.7 Å². The Morgan fingerprint density at radius 1 is 1.62 bits per heavy atom. The number of aliphatic carboxylic acids is 1. The summed E-state index contributed by atoms with van der Waals surface area (Å²) in [6.45, 7) is 0.0307. The third kappa shape index (κ3) is 2.93. The topological polar surface area (TPSA) is 72.5 Å². The van der Waals surface area contributed by atoms with Gasteiger partial charge in [0.25, 0.3) is 0 Å². The summed E-state index contributed by atoms with van der Waals surface area (Å²) >= 11 is 0. The highest BCUT2D eigenvalue weighted by Crippen LogP contribution is 2.19. The smallest absolute Gasteiger partial charge is 0.308 e. The molecule has 0 heterocycles. The van der Waals surface area contributed by atoms with Crippen LogP contribution in [0.5, 0.6) is 5.75 Å². The summed E-state index contributed by atoms with van der Waals surface area (Å²) in [4.78, 5) is 10.7. The molecule has 16 heavy (non-hydrogen) atoms. The fourth-order valence-electron chi connectivity index (χ4n) is 1.39. The van der Waals surface area contributed by atoms with Crippen LogP contribution in [0.25, 0.3) is 0 Å². The molecule has 88 valence electrons. The second-order valence-corrected chi connectivity index (χ2v) is 3.44. The molecule has 0 amide bonds. The molecule has 0 aliphatic carbocycles. The van der Waals surface area contributed by atoms with E-state index in [1.165, 1.54) is 19.2 Å². The molecule has 0 unspecified atom stereocenters. The fraction of sp³-hybridized carbons (Fsp3) is 0.364. The van der Waals surface area contributed by atoms with Crippen molar-refractivity contribution < 1.29 is 19.0 Å². The summed E-state index contributed by atoms with van der Waals surface area (Å²) in [5, 5.41) is 8.81. The van der Waals surface area contributed by atoms with Gasteiger partial charge < -0.3 is 15.6 Å². The number of benzene rings is 1. The zero-order valence-corrected chi connectivity index (χ0v) is 8.94. The number of carbonyl (C=O) groups is 1. The van der Waals surface area contributed by atoms with Crippen molar-refractivity contribution in [2.45, 2.75) is 6.42 Å². The Labute approximate surface area is 92.8 Å². The predicted octanol–water partition coefficient (Wildman–Crippen LogP) is 1.04. The molecular formula is C11H14FNO3. The molecule has 1 aromatic carbocycles. The van der Waals surface area contributed by atoms with E-state index in [-0.39, 0.29) is 18.7 Å². The Kier molecular flexibility index (Phi) is 4.25. The maximum absolute atomic E-state index is 13.3. The van der Waals surface area contributed by atoms with E-state index in [4.69, 9.17) is 15.6 Å². The van der Waals surface area contributed by atoms with E-state index in [0.29, 0.717) is 5.56 Å². The Hall–Kier alpha value is -1.62. The molecule has 1 aromatic rings. The molecule has 0 fully saturated rings. The van der Waals surface area contributed by atoms with Gasteiger partial charge in [0.1, 0.15) is 0 Å². The number of carboxylic acid groups (broad SMARTS) is 1. The second-order valence-electron chi connectivity index (χ2n) is 3.44. The summed E-state index contributed by atoms with van der Waals surface area (Å²) in [6, 6.07) is 4.37. The van der Waals surface area contributed by atoms with Gasteiger partial charge in [-0.1, -0.05) is 6.07 Å². The summed E-state index contributed by atoms with van der Waals surface area (Å²) in [7, 11) is 1.37. The third-order valence-corrected chi connectivity index (χ3v) is 2.33. The van der Waals surface area contributed by atoms with Crippen LogP contribution < -0.4 is 10.5 Å². The highest BCUT2D eigenvalue weighted by molar-refractivity contribution is 5.70. The van der Waals surface area contributed by atoms with Gasteiger partial charge in [0.2, 0.25) is 0 Å². The maximum Gasteiger partial charge on any atom is 0.308 e. The van der Waals surface area contributed by atoms with Crippen LogP contribution >= 0.6 is 0 Å². The minimum Gasteiger partial charge on any atom is -0.494 e. The Morgan fingerprint density at radius 2 is 2.31 bits per heavy atom. The largest absolute Gasteiger partial charge is 0.494 e. The van der Waals surface area contributed by atoms with Crippen molar-refractivity contribution >= 4 is 5.97 Å². The lowest BCUT2D eigenvalue weighted by atomic mass is 9.99. The van der Waals surface area contributed by atoms with Gasteiger partial charge in [0.15, 0.2) is 11.6 Å². The van der Waals surface area contributed by atoms with Crippen molar-refractivity contribution in [3.8, 4) is 5.75 Å². The van der Waals surface area contributed by atoms with Gasteiger partial charge in [0, 0.05) is 6.54 Å². The number of halogens is 1. The Balaban J connectivity index is 2.81. The van der Waals surface area contributed by atoms with Gasteiger partial charge >= 0.3 is 5.97 Å². The van der Waals surface area contributed by atoms with Gasteiger partial charge in [-0.25, -0.2) is 4.39 Å². The lowest BCUT2D eigenvalue weighted by molar-refractivity contribution is -0.141. The average molecular weight is 227 g/mol. The summed E-state index contributed by atoms with van der Waals surface area (Å²) in [5.74, 6) is -2.02. The molecule has 3 N–H and O–H groups in total.